The molecule has 0 aliphatic carbocycles. The summed E-state index contributed by atoms with van der Waals surface area (Å²) in [7, 11) is 0. The number of rotatable bonds is 3. The molecule has 0 atom stereocenters. The Morgan fingerprint density at radius 2 is 2.06 bits per heavy atom. The molecule has 0 saturated heterocycles. The molecule has 0 amide bonds. The Hall–Kier alpha value is -1.68. The van der Waals surface area contributed by atoms with Crippen LogP contribution in [-0.4, -0.2) is 9.97 Å². The van der Waals surface area contributed by atoms with Gasteiger partial charge >= 0.3 is 0 Å². The van der Waals surface area contributed by atoms with E-state index in [1.54, 1.807) is 18.5 Å². The van der Waals surface area contributed by atoms with E-state index in [0.717, 1.165) is 9.13 Å². The van der Waals surface area contributed by atoms with Crippen LogP contribution in [0.4, 0.5) is 5.95 Å². The third-order valence-corrected chi connectivity index (χ3v) is 2.68. The fourth-order valence-corrected chi connectivity index (χ4v) is 1.61. The monoisotopic (exact) mass is 336 g/mol. The number of aromatic nitrogens is 2. The molecule has 0 aliphatic heterocycles. The van der Waals surface area contributed by atoms with Gasteiger partial charge in [0.2, 0.25) is 5.95 Å². The number of nitriles is 1. The van der Waals surface area contributed by atoms with Crippen LogP contribution in [-0.2, 0) is 6.54 Å². The van der Waals surface area contributed by atoms with Crippen LogP contribution in [0, 0.1) is 14.9 Å². The van der Waals surface area contributed by atoms with Crippen molar-refractivity contribution in [1.82, 2.24) is 9.97 Å². The van der Waals surface area contributed by atoms with Crippen molar-refractivity contribution in [2.24, 2.45) is 0 Å². The average Bonchev–Trinajstić information content (AvgIpc) is 2.38. The second-order valence-corrected chi connectivity index (χ2v) is 4.64. The fraction of sp³-hybridized carbons (Fsp3) is 0.0833. The summed E-state index contributed by atoms with van der Waals surface area (Å²) in [5, 5.41) is 11.9. The first-order valence-corrected chi connectivity index (χ1v) is 6.06. The molecule has 0 unspecified atom stereocenters. The van der Waals surface area contributed by atoms with E-state index in [1.165, 1.54) is 0 Å². The predicted molar refractivity (Wildman–Crippen MR) is 73.2 cm³/mol. The summed E-state index contributed by atoms with van der Waals surface area (Å²) in [4.78, 5) is 8.28. The fourth-order valence-electron chi connectivity index (χ4n) is 1.34. The molecule has 4 nitrogen and oxygen atoms in total. The van der Waals surface area contributed by atoms with Crippen LogP contribution < -0.4 is 5.32 Å². The van der Waals surface area contributed by atoms with Crippen molar-refractivity contribution in [2.75, 3.05) is 5.32 Å². The first-order valence-electron chi connectivity index (χ1n) is 4.98. The van der Waals surface area contributed by atoms with Gasteiger partial charge in [-0.3, -0.25) is 0 Å². The van der Waals surface area contributed by atoms with Crippen molar-refractivity contribution in [3.8, 4) is 6.07 Å². The Morgan fingerprint density at radius 3 is 2.76 bits per heavy atom. The van der Waals surface area contributed by atoms with Gasteiger partial charge in [0.25, 0.3) is 0 Å². The molecule has 0 spiro atoms. The third kappa shape index (κ3) is 3.39. The molecule has 1 aromatic heterocycles. The lowest BCUT2D eigenvalue weighted by molar-refractivity contribution is 1.05. The number of nitrogens with zero attached hydrogens (tertiary/aromatic N) is 3. The molecule has 1 heterocycles. The standard InChI is InChI=1S/C12H9IN4/c13-11-7-16-12(17-8-11)15-6-10-3-1-2-9(4-10)5-14/h1-4,7-8H,6H2,(H,15,16,17). The normalized spacial score (nSPS) is 9.65. The summed E-state index contributed by atoms with van der Waals surface area (Å²) in [6, 6.07) is 9.57. The zero-order chi connectivity index (χ0) is 12.1. The van der Waals surface area contributed by atoms with Crippen LogP contribution in [0.15, 0.2) is 36.7 Å². The van der Waals surface area contributed by atoms with Gasteiger partial charge in [-0.05, 0) is 40.3 Å². The number of nitrogens with one attached hydrogen (secondary N) is 1. The zero-order valence-corrected chi connectivity index (χ0v) is 11.0. The summed E-state index contributed by atoms with van der Waals surface area (Å²) in [5.41, 5.74) is 1.69. The Labute approximate surface area is 113 Å². The van der Waals surface area contributed by atoms with Crippen molar-refractivity contribution in [2.45, 2.75) is 6.54 Å². The van der Waals surface area contributed by atoms with Crippen LogP contribution in [0.2, 0.25) is 0 Å². The second-order valence-electron chi connectivity index (χ2n) is 3.39. The lowest BCUT2D eigenvalue weighted by Crippen LogP contribution is -2.03. The van der Waals surface area contributed by atoms with Gasteiger partial charge in [-0.1, -0.05) is 12.1 Å². The molecule has 0 fully saturated rings. The highest BCUT2D eigenvalue weighted by atomic mass is 127. The van der Waals surface area contributed by atoms with Crippen molar-refractivity contribution in [1.29, 1.82) is 5.26 Å². The topological polar surface area (TPSA) is 61.6 Å². The highest BCUT2D eigenvalue weighted by Gasteiger charge is 1.98. The molecule has 0 bridgehead atoms. The zero-order valence-electron chi connectivity index (χ0n) is 8.89. The van der Waals surface area contributed by atoms with E-state index in [0.29, 0.717) is 18.1 Å². The van der Waals surface area contributed by atoms with E-state index in [4.69, 9.17) is 5.26 Å². The molecule has 2 rings (SSSR count). The summed E-state index contributed by atoms with van der Waals surface area (Å²) in [6.07, 6.45) is 3.50. The van der Waals surface area contributed by atoms with Gasteiger partial charge in [-0.15, -0.1) is 0 Å². The van der Waals surface area contributed by atoms with Crippen molar-refractivity contribution in [3.63, 3.8) is 0 Å². The first-order chi connectivity index (χ1) is 8.28. The van der Waals surface area contributed by atoms with Crippen molar-refractivity contribution in [3.05, 3.63) is 51.4 Å². The lowest BCUT2D eigenvalue weighted by atomic mass is 10.1. The third-order valence-electron chi connectivity index (χ3n) is 2.13. The minimum absolute atomic E-state index is 0.591. The molecular formula is C12H9IN4. The van der Waals surface area contributed by atoms with Crippen LogP contribution >= 0.6 is 22.6 Å². The van der Waals surface area contributed by atoms with E-state index in [1.807, 2.05) is 18.2 Å². The summed E-state index contributed by atoms with van der Waals surface area (Å²) < 4.78 is 1.000. The Balaban J connectivity index is 2.02. The van der Waals surface area contributed by atoms with Gasteiger partial charge in [-0.2, -0.15) is 5.26 Å². The van der Waals surface area contributed by atoms with Crippen molar-refractivity contribution < 1.29 is 0 Å². The van der Waals surface area contributed by atoms with Crippen LogP contribution in [0.25, 0.3) is 0 Å². The average molecular weight is 336 g/mol. The van der Waals surface area contributed by atoms with Crippen LogP contribution in [0.5, 0.6) is 0 Å². The van der Waals surface area contributed by atoms with Crippen molar-refractivity contribution >= 4 is 28.5 Å². The van der Waals surface area contributed by atoms with Gasteiger partial charge < -0.3 is 5.32 Å². The first kappa shape index (κ1) is 11.8. The van der Waals surface area contributed by atoms with Gasteiger partial charge in [-0.25, -0.2) is 9.97 Å². The Kier molecular flexibility index (Phi) is 3.88. The summed E-state index contributed by atoms with van der Waals surface area (Å²) in [6.45, 7) is 0.607. The molecular weight excluding hydrogens is 327 g/mol. The van der Waals surface area contributed by atoms with Crippen LogP contribution in [0.3, 0.4) is 0 Å². The second kappa shape index (κ2) is 5.59. The smallest absolute Gasteiger partial charge is 0.222 e. The van der Waals surface area contributed by atoms with Gasteiger partial charge in [0.15, 0.2) is 0 Å². The molecule has 1 N–H and O–H groups in total. The Morgan fingerprint density at radius 1 is 1.29 bits per heavy atom. The largest absolute Gasteiger partial charge is 0.350 e. The van der Waals surface area contributed by atoms with E-state index in [2.05, 4.69) is 43.9 Å². The van der Waals surface area contributed by atoms with E-state index in [-0.39, 0.29) is 0 Å². The maximum absolute atomic E-state index is 8.78. The Bertz CT molecular complexity index is 545. The SMILES string of the molecule is N#Cc1cccc(CNc2ncc(I)cn2)c1. The maximum Gasteiger partial charge on any atom is 0.222 e. The number of hydrogen-bond donors (Lipinski definition) is 1. The summed E-state index contributed by atoms with van der Waals surface area (Å²) in [5.74, 6) is 0.591. The maximum atomic E-state index is 8.78. The molecule has 84 valence electrons. The molecule has 0 radical (unpaired) electrons. The minimum Gasteiger partial charge on any atom is -0.350 e. The molecule has 17 heavy (non-hydrogen) atoms. The van der Waals surface area contributed by atoms with E-state index < -0.39 is 0 Å². The lowest BCUT2D eigenvalue weighted by Gasteiger charge is -2.04. The number of hydrogen-bond acceptors (Lipinski definition) is 4. The molecule has 0 saturated carbocycles. The molecule has 0 aliphatic rings. The number of halogens is 1. The quantitative estimate of drug-likeness (QED) is 0.875. The minimum atomic E-state index is 0.591. The highest BCUT2D eigenvalue weighted by Crippen LogP contribution is 2.07. The number of benzene rings is 1. The van der Waals surface area contributed by atoms with E-state index >= 15 is 0 Å². The van der Waals surface area contributed by atoms with Gasteiger partial charge in [0.1, 0.15) is 0 Å². The molecule has 2 aromatic rings. The molecule has 5 heteroatoms. The highest BCUT2D eigenvalue weighted by molar-refractivity contribution is 14.1. The van der Waals surface area contributed by atoms with Gasteiger partial charge in [0, 0.05) is 22.5 Å². The van der Waals surface area contributed by atoms with E-state index in [9.17, 15) is 0 Å². The predicted octanol–water partition coefficient (Wildman–Crippen LogP) is 2.56. The van der Waals surface area contributed by atoms with Crippen LogP contribution in [0.1, 0.15) is 11.1 Å². The summed E-state index contributed by atoms with van der Waals surface area (Å²) >= 11 is 2.16. The number of anilines is 1. The van der Waals surface area contributed by atoms with Gasteiger partial charge in [0.05, 0.1) is 11.6 Å². The molecule has 1 aromatic carbocycles.